The summed E-state index contributed by atoms with van der Waals surface area (Å²) >= 11 is 0. The van der Waals surface area contributed by atoms with E-state index >= 15 is 0 Å². The first-order chi connectivity index (χ1) is 5.83. The number of nitrogens with zero attached hydrogens (tertiary/aromatic N) is 1. The highest BCUT2D eigenvalue weighted by Crippen LogP contribution is 2.40. The van der Waals surface area contributed by atoms with Crippen molar-refractivity contribution in [1.82, 2.24) is 10.6 Å². The lowest BCUT2D eigenvalue weighted by molar-refractivity contribution is 0.0704. The van der Waals surface area contributed by atoms with Crippen LogP contribution in [0.25, 0.3) is 0 Å². The van der Waals surface area contributed by atoms with Crippen molar-refractivity contribution in [3.05, 3.63) is 17.5 Å². The van der Waals surface area contributed by atoms with Crippen LogP contribution >= 0.6 is 0 Å². The van der Waals surface area contributed by atoms with Crippen molar-refractivity contribution < 1.29 is 14.5 Å². The molecule has 5 heteroatoms. The van der Waals surface area contributed by atoms with E-state index in [9.17, 15) is 4.79 Å². The summed E-state index contributed by atoms with van der Waals surface area (Å²) in [6.45, 7) is 0. The van der Waals surface area contributed by atoms with Gasteiger partial charge in [-0.15, -0.1) is 0 Å². The number of nitrogens with one attached hydrogen (secondary N) is 1. The Hall–Kier alpha value is -1.36. The van der Waals surface area contributed by atoms with Gasteiger partial charge in [0.25, 0.3) is 5.91 Å². The second kappa shape index (κ2) is 2.60. The first-order valence-electron chi connectivity index (χ1n) is 3.71. The van der Waals surface area contributed by atoms with E-state index in [1.807, 2.05) is 0 Å². The van der Waals surface area contributed by atoms with Gasteiger partial charge in [0.15, 0.2) is 0 Å². The van der Waals surface area contributed by atoms with Gasteiger partial charge in [-0.2, -0.15) is 0 Å². The lowest BCUT2D eigenvalue weighted by atomic mass is 10.2. The van der Waals surface area contributed by atoms with Crippen LogP contribution in [0.5, 0.6) is 0 Å². The zero-order valence-electron chi connectivity index (χ0n) is 6.28. The van der Waals surface area contributed by atoms with Crippen LogP contribution in [0.15, 0.2) is 10.8 Å². The molecule has 1 fully saturated rings. The van der Waals surface area contributed by atoms with Crippen molar-refractivity contribution in [1.29, 1.82) is 0 Å². The van der Waals surface area contributed by atoms with E-state index in [1.54, 1.807) is 5.48 Å². The highest BCUT2D eigenvalue weighted by atomic mass is 16.5. The van der Waals surface area contributed by atoms with Crippen LogP contribution in [0.2, 0.25) is 0 Å². The number of carbonyl (C=O) groups excluding carboxylic acids is 1. The first kappa shape index (κ1) is 7.30. The van der Waals surface area contributed by atoms with Gasteiger partial charge in [0.1, 0.15) is 11.8 Å². The summed E-state index contributed by atoms with van der Waals surface area (Å²) in [4.78, 5) is 11.0. The maximum Gasteiger partial charge on any atom is 0.279 e. The minimum Gasteiger partial charge on any atom is -0.364 e. The van der Waals surface area contributed by atoms with Crippen LogP contribution < -0.4 is 5.48 Å². The summed E-state index contributed by atoms with van der Waals surface area (Å²) in [6.07, 6.45) is 3.33. The molecule has 1 saturated carbocycles. The number of aromatic nitrogens is 1. The molecule has 1 aliphatic rings. The van der Waals surface area contributed by atoms with E-state index in [-0.39, 0.29) is 0 Å². The summed E-state index contributed by atoms with van der Waals surface area (Å²) in [5, 5.41) is 12.1. The predicted octanol–water partition coefficient (Wildman–Crippen LogP) is 0.671. The number of hydroxylamine groups is 1. The molecule has 12 heavy (non-hydrogen) atoms. The van der Waals surface area contributed by atoms with E-state index in [0.29, 0.717) is 17.2 Å². The molecule has 0 aromatic carbocycles. The van der Waals surface area contributed by atoms with E-state index in [0.717, 1.165) is 12.8 Å². The predicted molar refractivity (Wildman–Crippen MR) is 37.7 cm³/mol. The fraction of sp³-hybridized carbons (Fsp3) is 0.429. The van der Waals surface area contributed by atoms with Gasteiger partial charge in [0, 0.05) is 5.92 Å². The van der Waals surface area contributed by atoms with Gasteiger partial charge in [0.2, 0.25) is 0 Å². The Kier molecular flexibility index (Phi) is 1.58. The maximum atomic E-state index is 11.0. The first-order valence-corrected chi connectivity index (χ1v) is 3.71. The monoisotopic (exact) mass is 168 g/mol. The summed E-state index contributed by atoms with van der Waals surface area (Å²) in [7, 11) is 0. The molecule has 64 valence electrons. The molecule has 0 radical (unpaired) electrons. The lowest BCUT2D eigenvalue weighted by Crippen LogP contribution is -2.19. The van der Waals surface area contributed by atoms with Crippen LogP contribution in [0.4, 0.5) is 0 Å². The third-order valence-corrected chi connectivity index (χ3v) is 1.91. The summed E-state index contributed by atoms with van der Waals surface area (Å²) in [6, 6.07) is 0. The Morgan fingerprint density at radius 1 is 1.75 bits per heavy atom. The average Bonchev–Trinajstić information content (AvgIpc) is 2.83. The minimum absolute atomic E-state index is 0.333. The number of hydrogen-bond donors (Lipinski definition) is 2. The molecular formula is C7H8N2O3. The highest BCUT2D eigenvalue weighted by molar-refractivity contribution is 5.94. The van der Waals surface area contributed by atoms with E-state index in [2.05, 4.69) is 9.68 Å². The molecule has 0 bridgehead atoms. The standard InChI is InChI=1S/C7H8N2O3/c10-7(8-11)5-3-12-9-6(5)4-1-2-4/h3-4,11H,1-2H2,(H,8,10). The van der Waals surface area contributed by atoms with E-state index < -0.39 is 5.91 Å². The molecular weight excluding hydrogens is 160 g/mol. The summed E-state index contributed by atoms with van der Waals surface area (Å²) in [5.41, 5.74) is 2.54. The molecule has 1 heterocycles. The molecule has 5 nitrogen and oxygen atoms in total. The molecule has 0 unspecified atom stereocenters. The molecule has 1 aliphatic carbocycles. The van der Waals surface area contributed by atoms with Crippen LogP contribution in [0.1, 0.15) is 34.8 Å². The van der Waals surface area contributed by atoms with Gasteiger partial charge < -0.3 is 4.52 Å². The number of amides is 1. The van der Waals surface area contributed by atoms with Crippen LogP contribution in [0, 0.1) is 0 Å². The molecule has 0 spiro atoms. The third-order valence-electron chi connectivity index (χ3n) is 1.91. The molecule has 0 saturated heterocycles. The summed E-state index contributed by atoms with van der Waals surface area (Å²) in [5.74, 6) is -0.214. The second-order valence-corrected chi connectivity index (χ2v) is 2.83. The Balaban J connectivity index is 2.29. The van der Waals surface area contributed by atoms with E-state index in [4.69, 9.17) is 5.21 Å². The molecule has 1 aromatic rings. The topological polar surface area (TPSA) is 75.4 Å². The summed E-state index contributed by atoms with van der Waals surface area (Å²) < 4.78 is 4.65. The Labute approximate surface area is 68.3 Å². The highest BCUT2D eigenvalue weighted by Gasteiger charge is 2.31. The zero-order chi connectivity index (χ0) is 8.55. The van der Waals surface area contributed by atoms with Crippen molar-refractivity contribution >= 4 is 5.91 Å². The average molecular weight is 168 g/mol. The normalized spacial score (nSPS) is 16.1. The van der Waals surface area contributed by atoms with Gasteiger partial charge in [0.05, 0.1) is 5.69 Å². The largest absolute Gasteiger partial charge is 0.364 e. The van der Waals surface area contributed by atoms with Gasteiger partial charge in [-0.25, -0.2) is 5.48 Å². The third kappa shape index (κ3) is 1.08. The van der Waals surface area contributed by atoms with Gasteiger partial charge >= 0.3 is 0 Å². The fourth-order valence-corrected chi connectivity index (χ4v) is 1.13. The number of rotatable bonds is 2. The Morgan fingerprint density at radius 2 is 2.50 bits per heavy atom. The molecule has 0 aliphatic heterocycles. The van der Waals surface area contributed by atoms with E-state index in [1.165, 1.54) is 6.26 Å². The number of carbonyl (C=O) groups is 1. The van der Waals surface area contributed by atoms with Crippen molar-refractivity contribution in [3.63, 3.8) is 0 Å². The van der Waals surface area contributed by atoms with Crippen molar-refractivity contribution in [2.24, 2.45) is 0 Å². The van der Waals surface area contributed by atoms with Crippen LogP contribution in [-0.4, -0.2) is 16.3 Å². The molecule has 1 aromatic heterocycles. The molecule has 2 rings (SSSR count). The second-order valence-electron chi connectivity index (χ2n) is 2.83. The van der Waals surface area contributed by atoms with Crippen molar-refractivity contribution in [2.45, 2.75) is 18.8 Å². The SMILES string of the molecule is O=C(NO)c1conc1C1CC1. The van der Waals surface area contributed by atoms with Crippen LogP contribution in [-0.2, 0) is 0 Å². The van der Waals surface area contributed by atoms with Crippen molar-refractivity contribution in [2.75, 3.05) is 0 Å². The Morgan fingerprint density at radius 3 is 3.08 bits per heavy atom. The van der Waals surface area contributed by atoms with Crippen LogP contribution in [0.3, 0.4) is 0 Å². The fourth-order valence-electron chi connectivity index (χ4n) is 1.13. The van der Waals surface area contributed by atoms with Gasteiger partial charge in [-0.1, -0.05) is 5.16 Å². The molecule has 2 N–H and O–H groups in total. The minimum atomic E-state index is -0.557. The molecule has 0 atom stereocenters. The lowest BCUT2D eigenvalue weighted by Gasteiger charge is -1.94. The number of hydrogen-bond acceptors (Lipinski definition) is 4. The molecule has 1 amide bonds. The van der Waals surface area contributed by atoms with Crippen molar-refractivity contribution in [3.8, 4) is 0 Å². The quantitative estimate of drug-likeness (QED) is 0.502. The Bertz CT molecular complexity index is 303. The van der Waals surface area contributed by atoms with Gasteiger partial charge in [-0.3, -0.25) is 10.0 Å². The van der Waals surface area contributed by atoms with Gasteiger partial charge in [-0.05, 0) is 12.8 Å². The smallest absolute Gasteiger partial charge is 0.279 e. The zero-order valence-corrected chi connectivity index (χ0v) is 6.28. The maximum absolute atomic E-state index is 11.0.